The van der Waals surface area contributed by atoms with Gasteiger partial charge in [-0.2, -0.15) is 0 Å². The van der Waals surface area contributed by atoms with Gasteiger partial charge in [0.05, 0.1) is 13.0 Å². The highest BCUT2D eigenvalue weighted by molar-refractivity contribution is 5.97. The molecule has 2 rings (SSSR count). The lowest BCUT2D eigenvalue weighted by atomic mass is 10.2. The molecule has 120 valence electrons. The molecule has 1 fully saturated rings. The van der Waals surface area contributed by atoms with Crippen molar-refractivity contribution in [1.82, 2.24) is 0 Å². The fourth-order valence-electron chi connectivity index (χ4n) is 2.41. The number of carbonyl (C=O) groups is 2. The van der Waals surface area contributed by atoms with Crippen molar-refractivity contribution < 1.29 is 24.2 Å². The number of rotatable bonds is 7. The van der Waals surface area contributed by atoms with Gasteiger partial charge in [-0.25, -0.2) is 0 Å². The maximum Gasteiger partial charge on any atom is 0.305 e. The van der Waals surface area contributed by atoms with Crippen LogP contribution in [0.5, 0.6) is 5.75 Å². The molecule has 22 heavy (non-hydrogen) atoms. The zero-order valence-electron chi connectivity index (χ0n) is 12.7. The van der Waals surface area contributed by atoms with E-state index in [0.717, 1.165) is 6.42 Å². The molecule has 0 aromatic heterocycles. The first-order valence-corrected chi connectivity index (χ1v) is 7.49. The van der Waals surface area contributed by atoms with E-state index in [1.807, 2.05) is 6.92 Å². The maximum atomic E-state index is 12.5. The standard InChI is InChI=1S/C16H21NO5/c1-2-21-13-7-5-12(6-8-13)17(10-9-15(18)19)16(20)14-4-3-11-22-14/h5-8,14H,2-4,9-11H2,1H3,(H,18,19). The molecule has 0 saturated carbocycles. The van der Waals surface area contributed by atoms with Gasteiger partial charge in [-0.15, -0.1) is 0 Å². The van der Waals surface area contributed by atoms with Crippen LogP contribution < -0.4 is 9.64 Å². The molecule has 1 atom stereocenters. The summed E-state index contributed by atoms with van der Waals surface area (Å²) in [5.74, 6) is -0.395. The fourth-order valence-corrected chi connectivity index (χ4v) is 2.41. The summed E-state index contributed by atoms with van der Waals surface area (Å²) in [6, 6.07) is 7.07. The Bertz CT molecular complexity index is 508. The largest absolute Gasteiger partial charge is 0.494 e. The zero-order chi connectivity index (χ0) is 15.9. The first-order chi connectivity index (χ1) is 10.6. The Morgan fingerprint density at radius 1 is 1.36 bits per heavy atom. The SMILES string of the molecule is CCOc1ccc(N(CCC(=O)O)C(=O)C2CCCO2)cc1. The molecule has 6 nitrogen and oxygen atoms in total. The van der Waals surface area contributed by atoms with Crippen LogP contribution in [0.15, 0.2) is 24.3 Å². The molecule has 1 amide bonds. The van der Waals surface area contributed by atoms with E-state index in [1.54, 1.807) is 24.3 Å². The number of benzene rings is 1. The van der Waals surface area contributed by atoms with Crippen LogP contribution in [-0.4, -0.2) is 42.8 Å². The molecule has 1 aromatic rings. The van der Waals surface area contributed by atoms with Crippen LogP contribution in [-0.2, 0) is 14.3 Å². The molecule has 0 bridgehead atoms. The van der Waals surface area contributed by atoms with Gasteiger partial charge < -0.3 is 19.5 Å². The molecule has 1 N–H and O–H groups in total. The van der Waals surface area contributed by atoms with E-state index in [9.17, 15) is 9.59 Å². The van der Waals surface area contributed by atoms with Crippen molar-refractivity contribution in [2.45, 2.75) is 32.3 Å². The first kappa shape index (κ1) is 16.3. The Balaban J connectivity index is 2.14. The molecule has 1 heterocycles. The van der Waals surface area contributed by atoms with Gasteiger partial charge in [0, 0.05) is 18.8 Å². The number of carbonyl (C=O) groups excluding carboxylic acids is 1. The maximum absolute atomic E-state index is 12.5. The number of anilines is 1. The Morgan fingerprint density at radius 3 is 2.64 bits per heavy atom. The van der Waals surface area contributed by atoms with Crippen LogP contribution in [0.1, 0.15) is 26.2 Å². The van der Waals surface area contributed by atoms with Gasteiger partial charge in [0.25, 0.3) is 5.91 Å². The van der Waals surface area contributed by atoms with Crippen molar-refractivity contribution in [2.75, 3.05) is 24.7 Å². The van der Waals surface area contributed by atoms with Crippen molar-refractivity contribution in [3.8, 4) is 5.75 Å². The van der Waals surface area contributed by atoms with Gasteiger partial charge >= 0.3 is 5.97 Å². The van der Waals surface area contributed by atoms with E-state index in [0.29, 0.717) is 31.1 Å². The van der Waals surface area contributed by atoms with Gasteiger partial charge in [-0.05, 0) is 44.0 Å². The summed E-state index contributed by atoms with van der Waals surface area (Å²) in [5, 5.41) is 8.88. The third kappa shape index (κ3) is 4.21. The summed E-state index contributed by atoms with van der Waals surface area (Å²) in [4.78, 5) is 24.9. The predicted octanol–water partition coefficient (Wildman–Crippen LogP) is 2.07. The quantitative estimate of drug-likeness (QED) is 0.834. The number of nitrogens with zero attached hydrogens (tertiary/aromatic N) is 1. The second-order valence-electron chi connectivity index (χ2n) is 5.06. The highest BCUT2D eigenvalue weighted by Crippen LogP contribution is 2.23. The lowest BCUT2D eigenvalue weighted by molar-refractivity contribution is -0.136. The third-order valence-corrected chi connectivity index (χ3v) is 3.48. The summed E-state index contributed by atoms with van der Waals surface area (Å²) < 4.78 is 10.8. The van der Waals surface area contributed by atoms with E-state index in [-0.39, 0.29) is 18.9 Å². The van der Waals surface area contributed by atoms with Gasteiger partial charge in [0.15, 0.2) is 0 Å². The molecule has 0 spiro atoms. The van der Waals surface area contributed by atoms with Gasteiger partial charge in [0.2, 0.25) is 0 Å². The molecule has 1 aromatic carbocycles. The fraction of sp³-hybridized carbons (Fsp3) is 0.500. The normalized spacial score (nSPS) is 17.2. The Labute approximate surface area is 129 Å². The molecular weight excluding hydrogens is 286 g/mol. The zero-order valence-corrected chi connectivity index (χ0v) is 12.7. The summed E-state index contributed by atoms with van der Waals surface area (Å²) in [6.07, 6.45) is 0.956. The van der Waals surface area contributed by atoms with Crippen LogP contribution in [0.25, 0.3) is 0 Å². The lowest BCUT2D eigenvalue weighted by Crippen LogP contribution is -2.40. The highest BCUT2D eigenvalue weighted by atomic mass is 16.5. The molecule has 1 aliphatic rings. The number of hydrogen-bond donors (Lipinski definition) is 1. The monoisotopic (exact) mass is 307 g/mol. The van der Waals surface area contributed by atoms with Gasteiger partial charge in [-0.1, -0.05) is 0 Å². The van der Waals surface area contributed by atoms with Crippen LogP contribution in [0.4, 0.5) is 5.69 Å². The number of carboxylic acid groups (broad SMARTS) is 1. The van der Waals surface area contributed by atoms with Crippen molar-refractivity contribution in [3.63, 3.8) is 0 Å². The van der Waals surface area contributed by atoms with Crippen molar-refractivity contribution in [3.05, 3.63) is 24.3 Å². The summed E-state index contributed by atoms with van der Waals surface area (Å²) in [5.41, 5.74) is 0.658. The third-order valence-electron chi connectivity index (χ3n) is 3.48. The van der Waals surface area contributed by atoms with Crippen LogP contribution in [0, 0.1) is 0 Å². The second kappa shape index (κ2) is 7.79. The van der Waals surface area contributed by atoms with Crippen molar-refractivity contribution in [2.24, 2.45) is 0 Å². The summed E-state index contributed by atoms with van der Waals surface area (Å²) >= 11 is 0. The molecule has 1 unspecified atom stereocenters. The van der Waals surface area contributed by atoms with Gasteiger partial charge in [-0.3, -0.25) is 9.59 Å². The predicted molar refractivity (Wildman–Crippen MR) is 81.2 cm³/mol. The van der Waals surface area contributed by atoms with Crippen LogP contribution in [0.2, 0.25) is 0 Å². The summed E-state index contributed by atoms with van der Waals surface area (Å²) in [7, 11) is 0. The van der Waals surface area contributed by atoms with Gasteiger partial charge in [0.1, 0.15) is 11.9 Å². The van der Waals surface area contributed by atoms with Crippen LogP contribution >= 0.6 is 0 Å². The van der Waals surface area contributed by atoms with Crippen molar-refractivity contribution >= 4 is 17.6 Å². The Hall–Kier alpha value is -2.08. The van der Waals surface area contributed by atoms with E-state index < -0.39 is 12.1 Å². The first-order valence-electron chi connectivity index (χ1n) is 7.49. The average Bonchev–Trinajstić information content (AvgIpc) is 3.03. The molecule has 1 saturated heterocycles. The molecular formula is C16H21NO5. The lowest BCUT2D eigenvalue weighted by Gasteiger charge is -2.25. The number of hydrogen-bond acceptors (Lipinski definition) is 4. The van der Waals surface area contributed by atoms with E-state index in [4.69, 9.17) is 14.6 Å². The Morgan fingerprint density at radius 2 is 2.09 bits per heavy atom. The average molecular weight is 307 g/mol. The van der Waals surface area contributed by atoms with E-state index >= 15 is 0 Å². The molecule has 6 heteroatoms. The minimum absolute atomic E-state index is 0.105. The van der Waals surface area contributed by atoms with E-state index in [1.165, 1.54) is 4.90 Å². The second-order valence-corrected chi connectivity index (χ2v) is 5.06. The van der Waals surface area contributed by atoms with Crippen molar-refractivity contribution in [1.29, 1.82) is 0 Å². The minimum Gasteiger partial charge on any atom is -0.494 e. The highest BCUT2D eigenvalue weighted by Gasteiger charge is 2.29. The van der Waals surface area contributed by atoms with Crippen LogP contribution in [0.3, 0.4) is 0 Å². The number of ether oxygens (including phenoxy) is 2. The molecule has 0 radical (unpaired) electrons. The van der Waals surface area contributed by atoms with E-state index in [2.05, 4.69) is 0 Å². The molecule has 1 aliphatic heterocycles. The summed E-state index contributed by atoms with van der Waals surface area (Å²) in [6.45, 7) is 3.17. The topological polar surface area (TPSA) is 76.1 Å². The number of aliphatic carboxylic acids is 1. The number of carboxylic acids is 1. The smallest absolute Gasteiger partial charge is 0.305 e. The number of amides is 1. The Kier molecular flexibility index (Phi) is 5.77. The minimum atomic E-state index is -0.934. The molecule has 0 aliphatic carbocycles.